The van der Waals surface area contributed by atoms with Gasteiger partial charge in [0.1, 0.15) is 5.75 Å². The highest BCUT2D eigenvalue weighted by atomic mass is 32.1. The Hall–Kier alpha value is -2.59. The van der Waals surface area contributed by atoms with Crippen molar-refractivity contribution >= 4 is 22.9 Å². The first-order chi connectivity index (χ1) is 12.3. The van der Waals surface area contributed by atoms with Gasteiger partial charge in [-0.1, -0.05) is 42.5 Å². The molecule has 2 aromatic carbocycles. The fraction of sp³-hybridized carbons (Fsp3) is 0.190. The summed E-state index contributed by atoms with van der Waals surface area (Å²) in [5.41, 5.74) is 4.31. The Morgan fingerprint density at radius 3 is 2.80 bits per heavy atom. The molecule has 1 atom stereocenters. The molecule has 1 amide bonds. The number of hydrogen-bond donors (Lipinski definition) is 1. The largest absolute Gasteiger partial charge is 0.494 e. The first-order valence-electron chi connectivity index (χ1n) is 8.45. The first-order valence-corrected chi connectivity index (χ1v) is 9.33. The molecule has 0 spiro atoms. The van der Waals surface area contributed by atoms with Gasteiger partial charge in [-0.3, -0.25) is 4.79 Å². The highest BCUT2D eigenvalue weighted by Crippen LogP contribution is 2.46. The summed E-state index contributed by atoms with van der Waals surface area (Å²) >= 11 is 1.72. The predicted octanol–water partition coefficient (Wildman–Crippen LogP) is 5.29. The number of fused-ring (bicyclic) bond motifs is 1. The molecule has 126 valence electrons. The molecule has 0 saturated heterocycles. The van der Waals surface area contributed by atoms with E-state index in [9.17, 15) is 4.79 Å². The van der Waals surface area contributed by atoms with Crippen molar-refractivity contribution in [2.24, 2.45) is 0 Å². The fourth-order valence-electron chi connectivity index (χ4n) is 3.31. The van der Waals surface area contributed by atoms with Crippen molar-refractivity contribution in [3.63, 3.8) is 0 Å². The van der Waals surface area contributed by atoms with Crippen LogP contribution in [0.1, 0.15) is 29.7 Å². The first kappa shape index (κ1) is 15.9. The monoisotopic (exact) mass is 349 g/mol. The normalized spacial score (nSPS) is 16.2. The Morgan fingerprint density at radius 2 is 2.00 bits per heavy atom. The number of carbonyl (C=O) groups excluding carboxylic acids is 1. The molecular weight excluding hydrogens is 330 g/mol. The summed E-state index contributed by atoms with van der Waals surface area (Å²) < 4.78 is 5.63. The standard InChI is InChI=1S/C21H19NO2S/c1-2-24-16-10-6-9-15(11-16)17-12-19(23)22-20-18(13-25-21(17)20)14-7-4-3-5-8-14/h3-11,13,17H,2,12H2,1H3,(H,22,23)/t17-/m1/s1. The van der Waals surface area contributed by atoms with Crippen molar-refractivity contribution in [3.8, 4) is 16.9 Å². The molecule has 1 N–H and O–H groups in total. The maximum absolute atomic E-state index is 12.4. The van der Waals surface area contributed by atoms with E-state index in [-0.39, 0.29) is 11.8 Å². The zero-order chi connectivity index (χ0) is 17.2. The maximum Gasteiger partial charge on any atom is 0.225 e. The SMILES string of the molecule is CCOc1cccc([C@H]2CC(=O)Nc3c(-c4ccccc4)csc32)c1. The number of hydrogen-bond acceptors (Lipinski definition) is 3. The van der Waals surface area contributed by atoms with Gasteiger partial charge >= 0.3 is 0 Å². The second-order valence-corrected chi connectivity index (χ2v) is 6.98. The molecule has 0 fully saturated rings. The van der Waals surface area contributed by atoms with Gasteiger partial charge < -0.3 is 10.1 Å². The topological polar surface area (TPSA) is 38.3 Å². The third-order valence-electron chi connectivity index (χ3n) is 4.45. The van der Waals surface area contributed by atoms with Crippen LogP contribution < -0.4 is 10.1 Å². The molecular formula is C21H19NO2S. The van der Waals surface area contributed by atoms with Gasteiger partial charge in [0.25, 0.3) is 0 Å². The number of thiophene rings is 1. The summed E-state index contributed by atoms with van der Waals surface area (Å²) in [6.45, 7) is 2.61. The maximum atomic E-state index is 12.4. The van der Waals surface area contributed by atoms with Crippen molar-refractivity contribution < 1.29 is 9.53 Å². The van der Waals surface area contributed by atoms with Crippen LogP contribution in [0.3, 0.4) is 0 Å². The van der Waals surface area contributed by atoms with E-state index in [0.29, 0.717) is 13.0 Å². The number of nitrogens with one attached hydrogen (secondary N) is 1. The molecule has 0 radical (unpaired) electrons. The van der Waals surface area contributed by atoms with Crippen molar-refractivity contribution in [1.29, 1.82) is 0 Å². The van der Waals surface area contributed by atoms with E-state index in [0.717, 1.165) is 28.1 Å². The number of rotatable bonds is 4. The number of benzene rings is 2. The molecule has 0 aliphatic carbocycles. The van der Waals surface area contributed by atoms with Crippen molar-refractivity contribution in [2.45, 2.75) is 19.3 Å². The molecule has 0 saturated carbocycles. The minimum Gasteiger partial charge on any atom is -0.494 e. The second-order valence-electron chi connectivity index (χ2n) is 6.07. The minimum atomic E-state index is 0.0647. The van der Waals surface area contributed by atoms with Gasteiger partial charge in [0, 0.05) is 28.2 Å². The number of anilines is 1. The summed E-state index contributed by atoms with van der Waals surface area (Å²) in [6.07, 6.45) is 0.470. The number of ether oxygens (including phenoxy) is 1. The fourth-order valence-corrected chi connectivity index (χ4v) is 4.48. The quantitative estimate of drug-likeness (QED) is 0.695. The lowest BCUT2D eigenvalue weighted by molar-refractivity contribution is -0.116. The average molecular weight is 349 g/mol. The van der Waals surface area contributed by atoms with E-state index >= 15 is 0 Å². The molecule has 1 aliphatic rings. The van der Waals surface area contributed by atoms with Gasteiger partial charge in [-0.25, -0.2) is 0 Å². The van der Waals surface area contributed by atoms with Crippen LogP contribution in [0.2, 0.25) is 0 Å². The van der Waals surface area contributed by atoms with Crippen LogP contribution in [0.4, 0.5) is 5.69 Å². The lowest BCUT2D eigenvalue weighted by Crippen LogP contribution is -2.22. The van der Waals surface area contributed by atoms with E-state index < -0.39 is 0 Å². The predicted molar refractivity (Wildman–Crippen MR) is 102 cm³/mol. The third kappa shape index (κ3) is 3.05. The lowest BCUT2D eigenvalue weighted by Gasteiger charge is -2.24. The lowest BCUT2D eigenvalue weighted by atomic mass is 9.89. The van der Waals surface area contributed by atoms with Gasteiger partial charge in [-0.2, -0.15) is 0 Å². The molecule has 3 aromatic rings. The number of amides is 1. The Balaban J connectivity index is 1.77. The summed E-state index contributed by atoms with van der Waals surface area (Å²) in [5, 5.41) is 5.23. The van der Waals surface area contributed by atoms with Crippen molar-refractivity contribution in [3.05, 3.63) is 70.4 Å². The molecule has 3 nitrogen and oxygen atoms in total. The van der Waals surface area contributed by atoms with Crippen molar-refractivity contribution in [2.75, 3.05) is 11.9 Å². The van der Waals surface area contributed by atoms with Crippen LogP contribution in [-0.4, -0.2) is 12.5 Å². The van der Waals surface area contributed by atoms with Crippen LogP contribution in [0.15, 0.2) is 60.0 Å². The van der Waals surface area contributed by atoms with E-state index in [1.807, 2.05) is 37.3 Å². The summed E-state index contributed by atoms with van der Waals surface area (Å²) in [7, 11) is 0. The molecule has 2 heterocycles. The average Bonchev–Trinajstić information content (AvgIpc) is 3.06. The molecule has 1 aromatic heterocycles. The molecule has 1 aliphatic heterocycles. The minimum absolute atomic E-state index is 0.0647. The smallest absolute Gasteiger partial charge is 0.225 e. The second kappa shape index (κ2) is 6.73. The third-order valence-corrected chi connectivity index (χ3v) is 5.54. The van der Waals surface area contributed by atoms with Crippen LogP contribution in [-0.2, 0) is 4.79 Å². The Morgan fingerprint density at radius 1 is 1.16 bits per heavy atom. The van der Waals surface area contributed by atoms with Crippen LogP contribution in [0, 0.1) is 0 Å². The van der Waals surface area contributed by atoms with Crippen molar-refractivity contribution in [1.82, 2.24) is 0 Å². The van der Waals surface area contributed by atoms with Gasteiger partial charge in [0.05, 0.1) is 12.3 Å². The zero-order valence-corrected chi connectivity index (χ0v) is 14.8. The zero-order valence-electron chi connectivity index (χ0n) is 14.0. The van der Waals surface area contributed by atoms with Gasteiger partial charge in [-0.05, 0) is 30.2 Å². The summed E-state index contributed by atoms with van der Waals surface area (Å²) in [5.74, 6) is 0.994. The Kier molecular flexibility index (Phi) is 4.28. The van der Waals surface area contributed by atoms with Crippen LogP contribution in [0.25, 0.3) is 11.1 Å². The highest BCUT2D eigenvalue weighted by molar-refractivity contribution is 7.11. The molecule has 4 heteroatoms. The van der Waals surface area contributed by atoms with E-state index in [4.69, 9.17) is 4.74 Å². The molecule has 4 rings (SSSR count). The molecule has 25 heavy (non-hydrogen) atoms. The van der Waals surface area contributed by atoms with E-state index in [2.05, 4.69) is 35.0 Å². The van der Waals surface area contributed by atoms with Gasteiger partial charge in [-0.15, -0.1) is 11.3 Å². The molecule has 0 bridgehead atoms. The Bertz CT molecular complexity index is 901. The van der Waals surface area contributed by atoms with Gasteiger partial charge in [0.15, 0.2) is 0 Å². The number of carbonyl (C=O) groups is 1. The van der Waals surface area contributed by atoms with E-state index in [1.165, 1.54) is 4.88 Å². The van der Waals surface area contributed by atoms with E-state index in [1.54, 1.807) is 11.3 Å². The highest BCUT2D eigenvalue weighted by Gasteiger charge is 2.30. The summed E-state index contributed by atoms with van der Waals surface area (Å²) in [6, 6.07) is 18.3. The Labute approximate surface area is 151 Å². The molecule has 0 unspecified atom stereocenters. The van der Waals surface area contributed by atoms with Crippen LogP contribution in [0.5, 0.6) is 5.75 Å². The summed E-state index contributed by atoms with van der Waals surface area (Å²) in [4.78, 5) is 13.6. The van der Waals surface area contributed by atoms with Gasteiger partial charge in [0.2, 0.25) is 5.91 Å². The van der Waals surface area contributed by atoms with Crippen LogP contribution >= 0.6 is 11.3 Å².